The van der Waals surface area contributed by atoms with Gasteiger partial charge in [-0.1, -0.05) is 11.6 Å². The van der Waals surface area contributed by atoms with Gasteiger partial charge in [0.05, 0.1) is 18.7 Å². The zero-order chi connectivity index (χ0) is 18.1. The van der Waals surface area contributed by atoms with E-state index in [4.69, 9.17) is 16.3 Å². The van der Waals surface area contributed by atoms with Crippen molar-refractivity contribution in [1.82, 2.24) is 0 Å². The second-order valence-corrected chi connectivity index (χ2v) is 8.63. The van der Waals surface area contributed by atoms with Crippen LogP contribution in [0.5, 0.6) is 5.75 Å². The smallest absolute Gasteiger partial charge is 0.348 e. The first-order valence-electron chi connectivity index (χ1n) is 6.44. The largest absolute Gasteiger partial charge is 0.494 e. The molecule has 0 aliphatic rings. The molecule has 0 spiro atoms. The predicted molar refractivity (Wildman–Crippen MR) is 96.9 cm³/mol. The monoisotopic (exact) mass is 453 g/mol. The van der Waals surface area contributed by atoms with Crippen LogP contribution >= 0.6 is 38.9 Å². The standard InChI is InChI=1S/C14H13BrClNO5S2/c1-7-4-11(23-13(7)14(18)22-3)17-24(19,20)10-6-8(16)5-9(15)12(10)21-2/h4-6,17H,1-3H3. The molecule has 6 nitrogen and oxygen atoms in total. The fraction of sp³-hybridized carbons (Fsp3) is 0.214. The van der Waals surface area contributed by atoms with Crippen LogP contribution in [0.4, 0.5) is 5.00 Å². The summed E-state index contributed by atoms with van der Waals surface area (Å²) in [7, 11) is -1.35. The van der Waals surface area contributed by atoms with Gasteiger partial charge in [0.25, 0.3) is 10.0 Å². The van der Waals surface area contributed by atoms with Crippen molar-refractivity contribution in [3.63, 3.8) is 0 Å². The van der Waals surface area contributed by atoms with Crippen molar-refractivity contribution in [1.29, 1.82) is 0 Å². The van der Waals surface area contributed by atoms with Crippen LogP contribution in [0.15, 0.2) is 27.6 Å². The third-order valence-corrected chi connectivity index (χ3v) is 6.43. The molecule has 0 bridgehead atoms. The van der Waals surface area contributed by atoms with Gasteiger partial charge in [0.2, 0.25) is 0 Å². The number of rotatable bonds is 5. The van der Waals surface area contributed by atoms with Gasteiger partial charge in [-0.25, -0.2) is 13.2 Å². The fourth-order valence-corrected chi connectivity index (χ4v) is 5.61. The maximum atomic E-state index is 12.7. The highest BCUT2D eigenvalue weighted by molar-refractivity contribution is 9.10. The molecule has 24 heavy (non-hydrogen) atoms. The van der Waals surface area contributed by atoms with Crippen LogP contribution in [-0.2, 0) is 14.8 Å². The van der Waals surface area contributed by atoms with E-state index in [1.807, 2.05) is 0 Å². The molecular weight excluding hydrogens is 442 g/mol. The predicted octanol–water partition coefficient (Wildman–Crippen LogP) is 4.07. The molecule has 0 aliphatic heterocycles. The number of carbonyl (C=O) groups excluding carboxylic acids is 1. The number of carbonyl (C=O) groups is 1. The average molecular weight is 455 g/mol. The Morgan fingerprint density at radius 3 is 2.54 bits per heavy atom. The van der Waals surface area contributed by atoms with E-state index in [0.29, 0.717) is 14.9 Å². The van der Waals surface area contributed by atoms with Crippen LogP contribution in [0.25, 0.3) is 0 Å². The molecule has 130 valence electrons. The molecule has 0 amide bonds. The quantitative estimate of drug-likeness (QED) is 0.689. The van der Waals surface area contributed by atoms with E-state index in [1.165, 1.54) is 26.4 Å². The highest BCUT2D eigenvalue weighted by Crippen LogP contribution is 2.37. The lowest BCUT2D eigenvalue weighted by Crippen LogP contribution is -2.13. The van der Waals surface area contributed by atoms with E-state index in [0.717, 1.165) is 11.3 Å². The van der Waals surface area contributed by atoms with Crippen LogP contribution in [0.1, 0.15) is 15.2 Å². The number of hydrogen-bond donors (Lipinski definition) is 1. The number of aryl methyl sites for hydroxylation is 1. The molecule has 2 rings (SSSR count). The van der Waals surface area contributed by atoms with Gasteiger partial charge in [-0.05, 0) is 46.6 Å². The Labute approximate surface area is 156 Å². The van der Waals surface area contributed by atoms with Gasteiger partial charge in [0, 0.05) is 5.02 Å². The number of nitrogens with one attached hydrogen (secondary N) is 1. The lowest BCUT2D eigenvalue weighted by atomic mass is 10.3. The van der Waals surface area contributed by atoms with Crippen molar-refractivity contribution in [2.75, 3.05) is 18.9 Å². The van der Waals surface area contributed by atoms with E-state index >= 15 is 0 Å². The van der Waals surface area contributed by atoms with Crippen molar-refractivity contribution in [3.8, 4) is 5.75 Å². The molecule has 0 aliphatic carbocycles. The number of sulfonamides is 1. The van der Waals surface area contributed by atoms with Crippen molar-refractivity contribution in [2.45, 2.75) is 11.8 Å². The summed E-state index contributed by atoms with van der Waals surface area (Å²) in [6, 6.07) is 4.37. The van der Waals surface area contributed by atoms with E-state index in [9.17, 15) is 13.2 Å². The first kappa shape index (κ1) is 19.0. The lowest BCUT2D eigenvalue weighted by Gasteiger charge is -2.12. The topological polar surface area (TPSA) is 81.7 Å². The van der Waals surface area contributed by atoms with Crippen LogP contribution in [0.3, 0.4) is 0 Å². The van der Waals surface area contributed by atoms with Crippen molar-refractivity contribution in [3.05, 3.63) is 38.1 Å². The number of thiophene rings is 1. The summed E-state index contributed by atoms with van der Waals surface area (Å²) in [5.74, 6) is -0.389. The number of anilines is 1. The first-order chi connectivity index (χ1) is 11.2. The van der Waals surface area contributed by atoms with Crippen LogP contribution in [0, 0.1) is 6.92 Å². The molecule has 0 atom stereocenters. The van der Waals surface area contributed by atoms with Gasteiger partial charge in [0.1, 0.15) is 14.8 Å². The molecule has 0 saturated heterocycles. The third kappa shape index (κ3) is 3.85. The summed E-state index contributed by atoms with van der Waals surface area (Å²) in [6.07, 6.45) is 0. The van der Waals surface area contributed by atoms with Gasteiger partial charge >= 0.3 is 5.97 Å². The third-order valence-electron chi connectivity index (χ3n) is 2.99. The minimum Gasteiger partial charge on any atom is -0.494 e. The summed E-state index contributed by atoms with van der Waals surface area (Å²) < 4.78 is 38.0. The molecular formula is C14H13BrClNO5S2. The summed E-state index contributed by atoms with van der Waals surface area (Å²) in [6.45, 7) is 1.69. The minimum atomic E-state index is -3.97. The van der Waals surface area contributed by atoms with E-state index in [2.05, 4.69) is 25.4 Å². The van der Waals surface area contributed by atoms with Gasteiger partial charge in [-0.3, -0.25) is 4.72 Å². The highest BCUT2D eigenvalue weighted by Gasteiger charge is 2.24. The van der Waals surface area contributed by atoms with Crippen molar-refractivity contribution >= 4 is 59.9 Å². The number of halogens is 2. The highest BCUT2D eigenvalue weighted by atomic mass is 79.9. The maximum absolute atomic E-state index is 12.7. The van der Waals surface area contributed by atoms with E-state index in [-0.39, 0.29) is 20.7 Å². The van der Waals surface area contributed by atoms with Crippen LogP contribution < -0.4 is 9.46 Å². The molecule has 0 saturated carbocycles. The molecule has 2 aromatic rings. The normalized spacial score (nSPS) is 11.2. The van der Waals surface area contributed by atoms with Crippen LogP contribution in [0.2, 0.25) is 5.02 Å². The Bertz CT molecular complexity index is 895. The Morgan fingerprint density at radius 2 is 1.96 bits per heavy atom. The maximum Gasteiger partial charge on any atom is 0.348 e. The Kier molecular flexibility index (Phi) is 5.79. The SMILES string of the molecule is COC(=O)c1sc(NS(=O)(=O)c2cc(Cl)cc(Br)c2OC)cc1C. The molecule has 1 heterocycles. The molecule has 1 aromatic carbocycles. The Morgan fingerprint density at radius 1 is 1.29 bits per heavy atom. The van der Waals surface area contributed by atoms with Crippen molar-refractivity contribution in [2.24, 2.45) is 0 Å². The average Bonchev–Trinajstić information content (AvgIpc) is 2.85. The van der Waals surface area contributed by atoms with Crippen LogP contribution in [-0.4, -0.2) is 28.6 Å². The van der Waals surface area contributed by atoms with E-state index in [1.54, 1.807) is 13.0 Å². The molecule has 0 fully saturated rings. The first-order valence-corrected chi connectivity index (χ1v) is 9.91. The van der Waals surface area contributed by atoms with Gasteiger partial charge in [0.15, 0.2) is 5.75 Å². The zero-order valence-electron chi connectivity index (χ0n) is 12.8. The van der Waals surface area contributed by atoms with Crippen molar-refractivity contribution < 1.29 is 22.7 Å². The second kappa shape index (κ2) is 7.30. The van der Waals surface area contributed by atoms with Gasteiger partial charge in [-0.2, -0.15) is 0 Å². The van der Waals surface area contributed by atoms with Gasteiger partial charge in [-0.15, -0.1) is 11.3 Å². The number of ether oxygens (including phenoxy) is 2. The summed E-state index contributed by atoms with van der Waals surface area (Å²) in [5, 5.41) is 0.520. The summed E-state index contributed by atoms with van der Waals surface area (Å²) in [4.78, 5) is 11.9. The number of esters is 1. The summed E-state index contributed by atoms with van der Waals surface area (Å²) >= 11 is 10.1. The lowest BCUT2D eigenvalue weighted by molar-refractivity contribution is 0.0605. The molecule has 1 N–H and O–H groups in total. The Balaban J connectivity index is 2.45. The second-order valence-electron chi connectivity index (χ2n) is 4.64. The fourth-order valence-electron chi connectivity index (χ4n) is 1.95. The van der Waals surface area contributed by atoms with E-state index < -0.39 is 16.0 Å². The zero-order valence-corrected chi connectivity index (χ0v) is 16.8. The molecule has 1 aromatic heterocycles. The number of methoxy groups -OCH3 is 2. The van der Waals surface area contributed by atoms with Gasteiger partial charge < -0.3 is 9.47 Å². The molecule has 0 unspecified atom stereocenters. The molecule has 0 radical (unpaired) electrons. The summed E-state index contributed by atoms with van der Waals surface area (Å²) in [5.41, 5.74) is 0.615. The number of benzene rings is 1. The number of hydrogen-bond acceptors (Lipinski definition) is 6. The molecule has 10 heteroatoms. The Hall–Kier alpha value is -1.29. The minimum absolute atomic E-state index is 0.116.